The summed E-state index contributed by atoms with van der Waals surface area (Å²) < 4.78 is 18.6. The van der Waals surface area contributed by atoms with Crippen molar-refractivity contribution in [1.29, 1.82) is 0 Å². The zero-order valence-corrected chi connectivity index (χ0v) is 13.4. The maximum absolute atomic E-state index is 13.2. The minimum Gasteiger partial charge on any atom is -0.378 e. The van der Waals surface area contributed by atoms with Gasteiger partial charge in [-0.15, -0.1) is 0 Å². The third-order valence-electron chi connectivity index (χ3n) is 5.11. The van der Waals surface area contributed by atoms with Gasteiger partial charge in [0.1, 0.15) is 11.9 Å². The average molecular weight is 320 g/mol. The summed E-state index contributed by atoms with van der Waals surface area (Å²) in [5, 5.41) is 6.28. The predicted octanol–water partition coefficient (Wildman–Crippen LogP) is 2.13. The number of morpholine rings is 1. The van der Waals surface area contributed by atoms with Crippen LogP contribution in [0.15, 0.2) is 24.3 Å². The van der Waals surface area contributed by atoms with E-state index < -0.39 is 0 Å². The molecule has 1 saturated carbocycles. The fraction of sp³-hybridized carbons (Fsp3) is 0.611. The van der Waals surface area contributed by atoms with Crippen molar-refractivity contribution in [3.05, 3.63) is 35.6 Å². The fourth-order valence-corrected chi connectivity index (χ4v) is 3.71. The summed E-state index contributed by atoms with van der Waals surface area (Å²) in [4.78, 5) is 12.4. The normalized spacial score (nSPS) is 24.1. The second-order valence-electron chi connectivity index (χ2n) is 6.65. The Morgan fingerprint density at radius 1 is 1.26 bits per heavy atom. The van der Waals surface area contributed by atoms with Crippen molar-refractivity contribution in [3.8, 4) is 0 Å². The lowest BCUT2D eigenvalue weighted by Crippen LogP contribution is -2.53. The van der Waals surface area contributed by atoms with E-state index in [4.69, 9.17) is 4.74 Å². The van der Waals surface area contributed by atoms with Gasteiger partial charge in [-0.25, -0.2) is 4.39 Å². The third kappa shape index (κ3) is 3.90. The SMILES string of the molecule is O=C(NCC1(c2ccc(F)cc2)CCCCC1)C1COCCN1. The Kier molecular flexibility index (Phi) is 5.28. The van der Waals surface area contributed by atoms with E-state index in [0.717, 1.165) is 31.2 Å². The molecule has 2 aliphatic rings. The van der Waals surface area contributed by atoms with Crippen molar-refractivity contribution in [2.24, 2.45) is 0 Å². The largest absolute Gasteiger partial charge is 0.378 e. The van der Waals surface area contributed by atoms with Crippen molar-refractivity contribution in [2.45, 2.75) is 43.6 Å². The molecule has 3 rings (SSSR count). The molecule has 2 N–H and O–H groups in total. The lowest BCUT2D eigenvalue weighted by molar-refractivity contribution is -0.126. The lowest BCUT2D eigenvalue weighted by Gasteiger charge is -2.38. The summed E-state index contributed by atoms with van der Waals surface area (Å²) in [5.74, 6) is -0.218. The molecule has 0 aromatic heterocycles. The molecular weight excluding hydrogens is 295 g/mol. The summed E-state index contributed by atoms with van der Waals surface area (Å²) >= 11 is 0. The van der Waals surface area contributed by atoms with Gasteiger partial charge in [-0.1, -0.05) is 31.4 Å². The average Bonchev–Trinajstić information content (AvgIpc) is 2.62. The number of carbonyl (C=O) groups is 1. The second-order valence-corrected chi connectivity index (χ2v) is 6.65. The summed E-state index contributed by atoms with van der Waals surface area (Å²) in [7, 11) is 0. The molecular formula is C18H25FN2O2. The number of hydrogen-bond donors (Lipinski definition) is 2. The van der Waals surface area contributed by atoms with Crippen molar-refractivity contribution in [1.82, 2.24) is 10.6 Å². The minimum absolute atomic E-state index is 0.00300. The first-order valence-corrected chi connectivity index (χ1v) is 8.55. The monoisotopic (exact) mass is 320 g/mol. The molecule has 126 valence electrons. The second kappa shape index (κ2) is 7.41. The lowest BCUT2D eigenvalue weighted by atomic mass is 9.69. The van der Waals surface area contributed by atoms with E-state index in [2.05, 4.69) is 10.6 Å². The third-order valence-corrected chi connectivity index (χ3v) is 5.11. The Hall–Kier alpha value is -1.46. The molecule has 5 heteroatoms. The highest BCUT2D eigenvalue weighted by Gasteiger charge is 2.35. The Bertz CT molecular complexity index is 520. The van der Waals surface area contributed by atoms with Gasteiger partial charge in [0.05, 0.1) is 13.2 Å². The van der Waals surface area contributed by atoms with Crippen LogP contribution in [0.3, 0.4) is 0 Å². The molecule has 4 nitrogen and oxygen atoms in total. The first kappa shape index (κ1) is 16.4. The summed E-state index contributed by atoms with van der Waals surface area (Å²) in [5.41, 5.74) is 1.06. The van der Waals surface area contributed by atoms with Crippen LogP contribution in [-0.4, -0.2) is 38.3 Å². The van der Waals surface area contributed by atoms with Gasteiger partial charge in [-0.05, 0) is 30.5 Å². The molecule has 0 bridgehead atoms. The molecule has 1 aromatic rings. The van der Waals surface area contributed by atoms with Crippen LogP contribution in [0.25, 0.3) is 0 Å². The molecule has 0 radical (unpaired) electrons. The highest BCUT2D eigenvalue weighted by molar-refractivity contribution is 5.82. The molecule has 1 aromatic carbocycles. The Labute approximate surface area is 136 Å². The number of nitrogens with one attached hydrogen (secondary N) is 2. The maximum Gasteiger partial charge on any atom is 0.239 e. The van der Waals surface area contributed by atoms with Crippen LogP contribution >= 0.6 is 0 Å². The number of benzene rings is 1. The van der Waals surface area contributed by atoms with Gasteiger partial charge in [-0.3, -0.25) is 4.79 Å². The zero-order chi connectivity index (χ0) is 16.1. The van der Waals surface area contributed by atoms with Gasteiger partial charge in [-0.2, -0.15) is 0 Å². The van der Waals surface area contributed by atoms with Crippen LogP contribution in [-0.2, 0) is 14.9 Å². The van der Waals surface area contributed by atoms with Gasteiger partial charge in [0.15, 0.2) is 0 Å². The molecule has 1 atom stereocenters. The van der Waals surface area contributed by atoms with Crippen molar-refractivity contribution in [3.63, 3.8) is 0 Å². The number of carbonyl (C=O) groups excluding carboxylic acids is 1. The quantitative estimate of drug-likeness (QED) is 0.893. The van der Waals surface area contributed by atoms with Crippen LogP contribution in [0, 0.1) is 5.82 Å². The van der Waals surface area contributed by atoms with Crippen LogP contribution in [0.4, 0.5) is 4.39 Å². The van der Waals surface area contributed by atoms with Crippen molar-refractivity contribution in [2.75, 3.05) is 26.3 Å². The van der Waals surface area contributed by atoms with E-state index in [-0.39, 0.29) is 23.2 Å². The molecule has 0 spiro atoms. The highest BCUT2D eigenvalue weighted by Crippen LogP contribution is 2.39. The molecule has 1 amide bonds. The van der Waals surface area contributed by atoms with Crippen LogP contribution in [0.1, 0.15) is 37.7 Å². The molecule has 1 saturated heterocycles. The van der Waals surface area contributed by atoms with Crippen LogP contribution in [0.5, 0.6) is 0 Å². The Morgan fingerprint density at radius 2 is 2.00 bits per heavy atom. The number of hydrogen-bond acceptors (Lipinski definition) is 3. The molecule has 1 unspecified atom stereocenters. The van der Waals surface area contributed by atoms with Gasteiger partial charge >= 0.3 is 0 Å². The standard InChI is InChI=1S/C18H25FN2O2/c19-15-6-4-14(5-7-15)18(8-2-1-3-9-18)13-21-17(22)16-12-23-11-10-20-16/h4-7,16,20H,1-3,8-13H2,(H,21,22). The topological polar surface area (TPSA) is 50.4 Å². The van der Waals surface area contributed by atoms with Crippen LogP contribution in [0.2, 0.25) is 0 Å². The Morgan fingerprint density at radius 3 is 2.65 bits per heavy atom. The summed E-state index contributed by atoms with van der Waals surface area (Å²) in [6.07, 6.45) is 5.60. The van der Waals surface area contributed by atoms with Gasteiger partial charge < -0.3 is 15.4 Å². The summed E-state index contributed by atoms with van der Waals surface area (Å²) in [6.45, 7) is 2.40. The molecule has 1 aliphatic heterocycles. The van der Waals surface area contributed by atoms with E-state index >= 15 is 0 Å². The zero-order valence-electron chi connectivity index (χ0n) is 13.4. The summed E-state index contributed by atoms with van der Waals surface area (Å²) in [6, 6.07) is 6.51. The van der Waals surface area contributed by atoms with Gasteiger partial charge in [0.2, 0.25) is 5.91 Å². The smallest absolute Gasteiger partial charge is 0.239 e. The molecule has 1 aliphatic carbocycles. The van der Waals surface area contributed by atoms with Crippen molar-refractivity contribution >= 4 is 5.91 Å². The highest BCUT2D eigenvalue weighted by atomic mass is 19.1. The van der Waals surface area contributed by atoms with E-state index in [1.54, 1.807) is 0 Å². The fourth-order valence-electron chi connectivity index (χ4n) is 3.71. The van der Waals surface area contributed by atoms with E-state index in [0.29, 0.717) is 26.3 Å². The first-order chi connectivity index (χ1) is 11.2. The first-order valence-electron chi connectivity index (χ1n) is 8.55. The van der Waals surface area contributed by atoms with Gasteiger partial charge in [0, 0.05) is 18.5 Å². The Balaban J connectivity index is 1.69. The molecule has 2 fully saturated rings. The minimum atomic E-state index is -0.266. The number of amides is 1. The maximum atomic E-state index is 13.2. The number of rotatable bonds is 4. The van der Waals surface area contributed by atoms with Crippen molar-refractivity contribution < 1.29 is 13.9 Å². The number of ether oxygens (including phenoxy) is 1. The molecule has 23 heavy (non-hydrogen) atoms. The number of halogens is 1. The van der Waals surface area contributed by atoms with E-state index in [9.17, 15) is 9.18 Å². The molecule has 1 heterocycles. The van der Waals surface area contributed by atoms with E-state index in [1.165, 1.54) is 18.6 Å². The predicted molar refractivity (Wildman–Crippen MR) is 86.8 cm³/mol. The van der Waals surface area contributed by atoms with Crippen LogP contribution < -0.4 is 10.6 Å². The van der Waals surface area contributed by atoms with E-state index in [1.807, 2.05) is 12.1 Å². The van der Waals surface area contributed by atoms with Gasteiger partial charge in [0.25, 0.3) is 0 Å².